The van der Waals surface area contributed by atoms with Crippen LogP contribution in [0.5, 0.6) is 5.75 Å². The maximum Gasteiger partial charge on any atom is 0.263 e. The normalized spacial score (nSPS) is 16.1. The zero-order valence-corrected chi connectivity index (χ0v) is 12.0. The molecule has 0 bridgehead atoms. The topological polar surface area (TPSA) is 42.4 Å². The van der Waals surface area contributed by atoms with Gasteiger partial charge in [0.25, 0.3) is 5.91 Å². The Morgan fingerprint density at radius 3 is 2.81 bits per heavy atom. The van der Waals surface area contributed by atoms with Crippen LogP contribution in [-0.4, -0.2) is 35.5 Å². The minimum Gasteiger partial charge on any atom is -0.480 e. The molecule has 0 N–H and O–H groups in total. The number of para-hydroxylation sites is 1. The molecule has 1 aromatic heterocycles. The van der Waals surface area contributed by atoms with Gasteiger partial charge in [0.2, 0.25) is 0 Å². The van der Waals surface area contributed by atoms with E-state index in [0.29, 0.717) is 13.0 Å². The quantitative estimate of drug-likeness (QED) is 0.862. The number of likely N-dealkylation sites (N-methyl/N-ethyl adjacent to an activating group) is 1. The number of rotatable bonds is 4. The smallest absolute Gasteiger partial charge is 0.263 e. The van der Waals surface area contributed by atoms with Crippen LogP contribution in [0.25, 0.3) is 0 Å². The Bertz CT molecular complexity index is 603. The number of benzene rings is 1. The molecule has 1 aliphatic heterocycles. The van der Waals surface area contributed by atoms with Gasteiger partial charge in [0.15, 0.2) is 6.10 Å². The van der Waals surface area contributed by atoms with Gasteiger partial charge < -0.3 is 9.64 Å². The average molecular weight is 282 g/mol. The molecule has 1 aliphatic rings. The molecule has 1 atom stereocenters. The van der Waals surface area contributed by atoms with E-state index in [2.05, 4.69) is 4.98 Å². The SMILES string of the molecule is CN(CCc1ccncc1)C(=O)C1Cc2ccccc2O1. The molecule has 4 nitrogen and oxygen atoms in total. The number of aromatic nitrogens is 1. The van der Waals surface area contributed by atoms with Crippen LogP contribution in [0.3, 0.4) is 0 Å². The highest BCUT2D eigenvalue weighted by atomic mass is 16.5. The molecule has 0 radical (unpaired) electrons. The summed E-state index contributed by atoms with van der Waals surface area (Å²) in [5.41, 5.74) is 2.29. The zero-order valence-electron chi connectivity index (χ0n) is 12.0. The van der Waals surface area contributed by atoms with Crippen LogP contribution in [0, 0.1) is 0 Å². The maximum atomic E-state index is 12.4. The van der Waals surface area contributed by atoms with Crippen LogP contribution in [0.4, 0.5) is 0 Å². The van der Waals surface area contributed by atoms with Crippen LogP contribution in [0.15, 0.2) is 48.8 Å². The zero-order chi connectivity index (χ0) is 14.7. The van der Waals surface area contributed by atoms with Crippen molar-refractivity contribution >= 4 is 5.91 Å². The molecule has 0 saturated heterocycles. The van der Waals surface area contributed by atoms with E-state index in [0.717, 1.165) is 17.7 Å². The lowest BCUT2D eigenvalue weighted by Crippen LogP contribution is -2.39. The van der Waals surface area contributed by atoms with E-state index in [4.69, 9.17) is 4.74 Å². The van der Waals surface area contributed by atoms with Crippen molar-refractivity contribution in [1.82, 2.24) is 9.88 Å². The summed E-state index contributed by atoms with van der Waals surface area (Å²) in [6.07, 6.45) is 4.64. The Balaban J connectivity index is 1.56. The fourth-order valence-electron chi connectivity index (χ4n) is 2.52. The minimum atomic E-state index is -0.384. The number of nitrogens with zero attached hydrogens (tertiary/aromatic N) is 2. The van der Waals surface area contributed by atoms with E-state index in [1.54, 1.807) is 17.3 Å². The highest BCUT2D eigenvalue weighted by molar-refractivity contribution is 5.82. The lowest BCUT2D eigenvalue weighted by molar-refractivity contribution is -0.136. The van der Waals surface area contributed by atoms with E-state index < -0.39 is 0 Å². The lowest BCUT2D eigenvalue weighted by Gasteiger charge is -2.20. The van der Waals surface area contributed by atoms with Crippen LogP contribution >= 0.6 is 0 Å². The average Bonchev–Trinajstić information content (AvgIpc) is 2.97. The van der Waals surface area contributed by atoms with Crippen molar-refractivity contribution in [3.8, 4) is 5.75 Å². The van der Waals surface area contributed by atoms with Gasteiger partial charge in [-0.25, -0.2) is 0 Å². The third kappa shape index (κ3) is 3.05. The van der Waals surface area contributed by atoms with Crippen molar-refractivity contribution in [2.24, 2.45) is 0 Å². The largest absolute Gasteiger partial charge is 0.480 e. The molecule has 1 amide bonds. The molecule has 2 heterocycles. The van der Waals surface area contributed by atoms with Crippen LogP contribution in [0.1, 0.15) is 11.1 Å². The molecule has 21 heavy (non-hydrogen) atoms. The number of carbonyl (C=O) groups excluding carboxylic acids is 1. The van der Waals surface area contributed by atoms with Gasteiger partial charge in [0.1, 0.15) is 5.75 Å². The van der Waals surface area contributed by atoms with Gasteiger partial charge in [0.05, 0.1) is 0 Å². The number of carbonyl (C=O) groups is 1. The Labute approximate surface area is 124 Å². The molecule has 0 aliphatic carbocycles. The lowest BCUT2D eigenvalue weighted by atomic mass is 10.1. The monoisotopic (exact) mass is 282 g/mol. The van der Waals surface area contributed by atoms with Crippen molar-refractivity contribution in [2.45, 2.75) is 18.9 Å². The van der Waals surface area contributed by atoms with E-state index in [1.165, 1.54) is 5.56 Å². The molecule has 0 saturated carbocycles. The molecule has 3 rings (SSSR count). The second-order valence-corrected chi connectivity index (χ2v) is 5.28. The predicted octanol–water partition coefficient (Wildman–Crippen LogP) is 2.09. The highest BCUT2D eigenvalue weighted by Gasteiger charge is 2.30. The van der Waals surface area contributed by atoms with Crippen LogP contribution in [0.2, 0.25) is 0 Å². The van der Waals surface area contributed by atoms with E-state index in [-0.39, 0.29) is 12.0 Å². The molecular weight excluding hydrogens is 264 g/mol. The fourth-order valence-corrected chi connectivity index (χ4v) is 2.52. The summed E-state index contributed by atoms with van der Waals surface area (Å²) in [5, 5.41) is 0. The van der Waals surface area contributed by atoms with Crippen molar-refractivity contribution in [1.29, 1.82) is 0 Å². The van der Waals surface area contributed by atoms with E-state index in [9.17, 15) is 4.79 Å². The summed E-state index contributed by atoms with van der Waals surface area (Å²) in [5.74, 6) is 0.874. The Kier molecular flexibility index (Phi) is 3.86. The fraction of sp³-hybridized carbons (Fsp3) is 0.294. The van der Waals surface area contributed by atoms with Gasteiger partial charge >= 0.3 is 0 Å². The first-order valence-electron chi connectivity index (χ1n) is 7.12. The molecule has 0 spiro atoms. The number of hydrogen-bond donors (Lipinski definition) is 0. The molecule has 4 heteroatoms. The first-order valence-corrected chi connectivity index (χ1v) is 7.12. The number of fused-ring (bicyclic) bond motifs is 1. The van der Waals surface area contributed by atoms with Crippen molar-refractivity contribution in [2.75, 3.05) is 13.6 Å². The first-order chi connectivity index (χ1) is 10.2. The molecule has 108 valence electrons. The van der Waals surface area contributed by atoms with Crippen LogP contribution in [-0.2, 0) is 17.6 Å². The van der Waals surface area contributed by atoms with Gasteiger partial charge in [-0.2, -0.15) is 0 Å². The summed E-state index contributed by atoms with van der Waals surface area (Å²) in [6, 6.07) is 11.8. The highest BCUT2D eigenvalue weighted by Crippen LogP contribution is 2.28. The summed E-state index contributed by atoms with van der Waals surface area (Å²) < 4.78 is 5.74. The first kappa shape index (κ1) is 13.6. The number of hydrogen-bond acceptors (Lipinski definition) is 3. The minimum absolute atomic E-state index is 0.0419. The molecule has 0 fully saturated rings. The van der Waals surface area contributed by atoms with E-state index in [1.807, 2.05) is 43.4 Å². The standard InChI is InChI=1S/C17H18N2O2/c1-19(11-8-13-6-9-18-10-7-13)17(20)16-12-14-4-2-3-5-15(14)21-16/h2-7,9-10,16H,8,11-12H2,1H3. The van der Waals surface area contributed by atoms with Gasteiger partial charge in [0, 0.05) is 32.4 Å². The summed E-state index contributed by atoms with van der Waals surface area (Å²) in [6.45, 7) is 0.680. The van der Waals surface area contributed by atoms with E-state index >= 15 is 0 Å². The molecule has 2 aromatic rings. The second-order valence-electron chi connectivity index (χ2n) is 5.28. The Hall–Kier alpha value is -2.36. The number of pyridine rings is 1. The van der Waals surface area contributed by atoms with Gasteiger partial charge in [-0.05, 0) is 35.7 Å². The summed E-state index contributed by atoms with van der Waals surface area (Å²) in [4.78, 5) is 18.2. The van der Waals surface area contributed by atoms with Crippen molar-refractivity contribution < 1.29 is 9.53 Å². The molecule has 1 aromatic carbocycles. The maximum absolute atomic E-state index is 12.4. The van der Waals surface area contributed by atoms with Crippen LogP contribution < -0.4 is 4.74 Å². The van der Waals surface area contributed by atoms with Gasteiger partial charge in [-0.15, -0.1) is 0 Å². The summed E-state index contributed by atoms with van der Waals surface area (Å²) in [7, 11) is 1.83. The third-order valence-corrected chi connectivity index (χ3v) is 3.78. The Morgan fingerprint density at radius 1 is 1.29 bits per heavy atom. The summed E-state index contributed by atoms with van der Waals surface area (Å²) >= 11 is 0. The Morgan fingerprint density at radius 2 is 2.05 bits per heavy atom. The number of ether oxygens (including phenoxy) is 1. The third-order valence-electron chi connectivity index (χ3n) is 3.78. The number of amides is 1. The van der Waals surface area contributed by atoms with Gasteiger partial charge in [-0.1, -0.05) is 18.2 Å². The molecular formula is C17H18N2O2. The molecule has 1 unspecified atom stereocenters. The second kappa shape index (κ2) is 5.95. The van der Waals surface area contributed by atoms with Crippen molar-refractivity contribution in [3.63, 3.8) is 0 Å². The van der Waals surface area contributed by atoms with Crippen molar-refractivity contribution in [3.05, 3.63) is 59.9 Å². The van der Waals surface area contributed by atoms with Gasteiger partial charge in [-0.3, -0.25) is 9.78 Å². The predicted molar refractivity (Wildman–Crippen MR) is 80.1 cm³/mol.